The number of carbonyl (C=O) groups excluding carboxylic acids is 1. The standard InChI is InChI=1S/C16H25N3O/c1-19(2)10-6-5-9-17-16(20)15-11-13-7-3-4-8-14(13)12-18-15/h3-4,7-8,15,18H,5-6,9-12H2,1-2H3,(H,17,20)/t15-/m0/s1. The molecule has 2 rings (SSSR count). The molecule has 4 nitrogen and oxygen atoms in total. The monoisotopic (exact) mass is 275 g/mol. The van der Waals surface area contributed by atoms with Crippen molar-refractivity contribution in [1.29, 1.82) is 0 Å². The summed E-state index contributed by atoms with van der Waals surface area (Å²) in [4.78, 5) is 14.3. The van der Waals surface area contributed by atoms with E-state index in [2.05, 4.69) is 41.8 Å². The molecule has 0 unspecified atom stereocenters. The highest BCUT2D eigenvalue weighted by Gasteiger charge is 2.23. The summed E-state index contributed by atoms with van der Waals surface area (Å²) in [6, 6.07) is 8.25. The van der Waals surface area contributed by atoms with Crippen LogP contribution in [0.1, 0.15) is 24.0 Å². The quantitative estimate of drug-likeness (QED) is 0.766. The number of carbonyl (C=O) groups is 1. The predicted molar refractivity (Wildman–Crippen MR) is 81.6 cm³/mol. The third kappa shape index (κ3) is 4.32. The first-order valence-corrected chi connectivity index (χ1v) is 7.39. The van der Waals surface area contributed by atoms with E-state index in [0.29, 0.717) is 0 Å². The fraction of sp³-hybridized carbons (Fsp3) is 0.562. The van der Waals surface area contributed by atoms with E-state index in [1.165, 1.54) is 11.1 Å². The number of rotatable bonds is 6. The summed E-state index contributed by atoms with van der Waals surface area (Å²) < 4.78 is 0. The van der Waals surface area contributed by atoms with Gasteiger partial charge in [0.05, 0.1) is 6.04 Å². The summed E-state index contributed by atoms with van der Waals surface area (Å²) in [6.07, 6.45) is 2.95. The van der Waals surface area contributed by atoms with Crippen LogP contribution in [-0.4, -0.2) is 44.0 Å². The Bertz CT molecular complexity index is 445. The van der Waals surface area contributed by atoms with E-state index in [1.54, 1.807) is 0 Å². The Kier molecular flexibility index (Phi) is 5.56. The van der Waals surface area contributed by atoms with Crippen LogP contribution in [0.2, 0.25) is 0 Å². The summed E-state index contributed by atoms with van der Waals surface area (Å²) in [5.41, 5.74) is 2.60. The van der Waals surface area contributed by atoms with Crippen LogP contribution < -0.4 is 10.6 Å². The minimum absolute atomic E-state index is 0.0845. The van der Waals surface area contributed by atoms with Crippen LogP contribution in [0.15, 0.2) is 24.3 Å². The summed E-state index contributed by atoms with van der Waals surface area (Å²) in [5.74, 6) is 0.129. The molecular weight excluding hydrogens is 250 g/mol. The molecule has 0 saturated heterocycles. The fourth-order valence-corrected chi connectivity index (χ4v) is 2.53. The van der Waals surface area contributed by atoms with E-state index < -0.39 is 0 Å². The summed E-state index contributed by atoms with van der Waals surface area (Å²) >= 11 is 0. The van der Waals surface area contributed by atoms with Gasteiger partial charge in [0.2, 0.25) is 5.91 Å². The van der Waals surface area contributed by atoms with Crippen molar-refractivity contribution < 1.29 is 4.79 Å². The van der Waals surface area contributed by atoms with Gasteiger partial charge in [-0.15, -0.1) is 0 Å². The molecule has 1 aromatic carbocycles. The highest BCUT2D eigenvalue weighted by atomic mass is 16.2. The van der Waals surface area contributed by atoms with Gasteiger partial charge in [-0.25, -0.2) is 0 Å². The predicted octanol–water partition coefficient (Wildman–Crippen LogP) is 1.16. The number of hydrogen-bond donors (Lipinski definition) is 2. The van der Waals surface area contributed by atoms with Crippen molar-refractivity contribution in [2.45, 2.75) is 31.8 Å². The molecule has 0 spiro atoms. The van der Waals surface area contributed by atoms with Gasteiger partial charge in [-0.1, -0.05) is 24.3 Å². The van der Waals surface area contributed by atoms with Crippen LogP contribution in [0.25, 0.3) is 0 Å². The molecule has 1 aliphatic rings. The van der Waals surface area contributed by atoms with Crippen molar-refractivity contribution in [1.82, 2.24) is 15.5 Å². The fourth-order valence-electron chi connectivity index (χ4n) is 2.53. The largest absolute Gasteiger partial charge is 0.355 e. The third-order valence-corrected chi connectivity index (χ3v) is 3.73. The van der Waals surface area contributed by atoms with Crippen molar-refractivity contribution in [2.75, 3.05) is 27.2 Å². The lowest BCUT2D eigenvalue weighted by molar-refractivity contribution is -0.123. The van der Waals surface area contributed by atoms with E-state index in [4.69, 9.17) is 0 Å². The summed E-state index contributed by atoms with van der Waals surface area (Å²) in [7, 11) is 4.14. The Hall–Kier alpha value is -1.39. The van der Waals surface area contributed by atoms with E-state index in [9.17, 15) is 4.79 Å². The average molecular weight is 275 g/mol. The molecular formula is C16H25N3O. The Morgan fingerprint density at radius 2 is 2.05 bits per heavy atom. The zero-order valence-corrected chi connectivity index (χ0v) is 12.5. The van der Waals surface area contributed by atoms with Gasteiger partial charge in [0.25, 0.3) is 0 Å². The van der Waals surface area contributed by atoms with Gasteiger partial charge < -0.3 is 15.5 Å². The Morgan fingerprint density at radius 1 is 1.30 bits per heavy atom. The number of benzene rings is 1. The maximum atomic E-state index is 12.1. The highest BCUT2D eigenvalue weighted by Crippen LogP contribution is 2.16. The number of nitrogens with one attached hydrogen (secondary N) is 2. The van der Waals surface area contributed by atoms with E-state index in [0.717, 1.165) is 38.9 Å². The van der Waals surface area contributed by atoms with Gasteiger partial charge in [-0.05, 0) is 51.0 Å². The number of nitrogens with zero attached hydrogens (tertiary/aromatic N) is 1. The lowest BCUT2D eigenvalue weighted by Crippen LogP contribution is -2.47. The molecule has 0 bridgehead atoms. The van der Waals surface area contributed by atoms with E-state index in [-0.39, 0.29) is 11.9 Å². The number of fused-ring (bicyclic) bond motifs is 1. The van der Waals surface area contributed by atoms with Gasteiger partial charge in [0, 0.05) is 13.1 Å². The number of hydrogen-bond acceptors (Lipinski definition) is 3. The average Bonchev–Trinajstić information content (AvgIpc) is 2.46. The number of amides is 1. The molecule has 20 heavy (non-hydrogen) atoms. The zero-order chi connectivity index (χ0) is 14.4. The first kappa shape index (κ1) is 15.0. The lowest BCUT2D eigenvalue weighted by atomic mass is 9.95. The van der Waals surface area contributed by atoms with Gasteiger partial charge in [-0.2, -0.15) is 0 Å². The zero-order valence-electron chi connectivity index (χ0n) is 12.5. The Labute approximate surface area is 121 Å². The molecule has 0 radical (unpaired) electrons. The SMILES string of the molecule is CN(C)CCCCNC(=O)[C@@H]1Cc2ccccc2CN1. The molecule has 0 aromatic heterocycles. The van der Waals surface area contributed by atoms with Crippen molar-refractivity contribution in [3.05, 3.63) is 35.4 Å². The van der Waals surface area contributed by atoms with Gasteiger partial charge in [0.15, 0.2) is 0 Å². The van der Waals surface area contributed by atoms with Crippen LogP contribution in [0.3, 0.4) is 0 Å². The van der Waals surface area contributed by atoms with Crippen molar-refractivity contribution >= 4 is 5.91 Å². The Morgan fingerprint density at radius 3 is 2.80 bits per heavy atom. The van der Waals surface area contributed by atoms with Crippen LogP contribution in [-0.2, 0) is 17.8 Å². The normalized spacial score (nSPS) is 17.9. The molecule has 0 saturated carbocycles. The smallest absolute Gasteiger partial charge is 0.237 e. The van der Waals surface area contributed by atoms with Crippen LogP contribution >= 0.6 is 0 Å². The second kappa shape index (κ2) is 7.41. The topological polar surface area (TPSA) is 44.4 Å². The number of unbranched alkanes of at least 4 members (excludes halogenated alkanes) is 1. The molecule has 1 heterocycles. The Balaban J connectivity index is 1.72. The van der Waals surface area contributed by atoms with E-state index >= 15 is 0 Å². The lowest BCUT2D eigenvalue weighted by Gasteiger charge is -2.25. The minimum atomic E-state index is -0.0845. The molecule has 110 valence electrons. The first-order valence-electron chi connectivity index (χ1n) is 7.39. The second-order valence-electron chi connectivity index (χ2n) is 5.71. The molecule has 0 fully saturated rings. The van der Waals surface area contributed by atoms with Crippen molar-refractivity contribution in [3.63, 3.8) is 0 Å². The maximum absolute atomic E-state index is 12.1. The summed E-state index contributed by atoms with van der Waals surface area (Å²) in [6.45, 7) is 2.63. The molecule has 2 N–H and O–H groups in total. The molecule has 1 aliphatic heterocycles. The summed E-state index contributed by atoms with van der Waals surface area (Å²) in [5, 5.41) is 6.35. The first-order chi connectivity index (χ1) is 9.66. The third-order valence-electron chi connectivity index (χ3n) is 3.73. The van der Waals surface area contributed by atoms with Gasteiger partial charge in [0.1, 0.15) is 0 Å². The van der Waals surface area contributed by atoms with Crippen LogP contribution in [0.4, 0.5) is 0 Å². The molecule has 4 heteroatoms. The highest BCUT2D eigenvalue weighted by molar-refractivity contribution is 5.82. The van der Waals surface area contributed by atoms with Crippen LogP contribution in [0.5, 0.6) is 0 Å². The minimum Gasteiger partial charge on any atom is -0.355 e. The molecule has 1 aromatic rings. The van der Waals surface area contributed by atoms with E-state index in [1.807, 2.05) is 12.1 Å². The second-order valence-corrected chi connectivity index (χ2v) is 5.71. The maximum Gasteiger partial charge on any atom is 0.237 e. The van der Waals surface area contributed by atoms with Crippen molar-refractivity contribution in [3.8, 4) is 0 Å². The van der Waals surface area contributed by atoms with Crippen LogP contribution in [0, 0.1) is 0 Å². The molecule has 1 amide bonds. The van der Waals surface area contributed by atoms with Crippen molar-refractivity contribution in [2.24, 2.45) is 0 Å². The molecule has 1 atom stereocenters. The molecule has 0 aliphatic carbocycles. The van der Waals surface area contributed by atoms with Gasteiger partial charge in [-0.3, -0.25) is 4.79 Å². The van der Waals surface area contributed by atoms with Gasteiger partial charge >= 0.3 is 0 Å².